The smallest absolute Gasteiger partial charge is 0.258 e. The van der Waals surface area contributed by atoms with E-state index in [2.05, 4.69) is 15.5 Å². The van der Waals surface area contributed by atoms with Gasteiger partial charge in [0.15, 0.2) is 5.78 Å². The Morgan fingerprint density at radius 1 is 0.853 bits per heavy atom. The lowest BCUT2D eigenvalue weighted by Crippen LogP contribution is -2.32. The Balaban J connectivity index is 2.32. The molecule has 0 aliphatic heterocycles. The number of halogens is 1. The Labute approximate surface area is 204 Å². The molecule has 9 nitrogen and oxygen atoms in total. The van der Waals surface area contributed by atoms with Crippen LogP contribution in [-0.2, 0) is 9.59 Å². The van der Waals surface area contributed by atoms with E-state index in [0.29, 0.717) is 65.8 Å². The van der Waals surface area contributed by atoms with Crippen molar-refractivity contribution in [2.75, 3.05) is 31.7 Å². The fraction of sp³-hybridized carbons (Fsp3) is 0.417. The number of azo groups is 1. The van der Waals surface area contributed by atoms with Crippen LogP contribution in [0, 0.1) is 0 Å². The van der Waals surface area contributed by atoms with Gasteiger partial charge in [0.1, 0.15) is 23.0 Å². The summed E-state index contributed by atoms with van der Waals surface area (Å²) in [6, 6.07) is 6.73. The van der Waals surface area contributed by atoms with E-state index in [9.17, 15) is 9.59 Å². The van der Waals surface area contributed by atoms with Crippen LogP contribution in [-0.4, -0.2) is 44.2 Å². The molecule has 10 heteroatoms. The Kier molecular flexibility index (Phi) is 10.6. The lowest BCUT2D eigenvalue weighted by molar-refractivity contribution is -0.126. The summed E-state index contributed by atoms with van der Waals surface area (Å²) in [5, 5.41) is 11.1. The van der Waals surface area contributed by atoms with Crippen molar-refractivity contribution in [3.63, 3.8) is 0 Å². The van der Waals surface area contributed by atoms with Gasteiger partial charge >= 0.3 is 0 Å². The number of hydrogen-bond donors (Lipinski definition) is 1. The van der Waals surface area contributed by atoms with Crippen LogP contribution < -0.4 is 24.3 Å². The molecule has 2 aromatic carbocycles. The quantitative estimate of drug-likeness (QED) is 0.288. The molecule has 0 heterocycles. The molecule has 0 bridgehead atoms. The molecule has 34 heavy (non-hydrogen) atoms. The van der Waals surface area contributed by atoms with Gasteiger partial charge in [-0.15, -0.1) is 0 Å². The van der Waals surface area contributed by atoms with E-state index in [1.165, 1.54) is 6.92 Å². The number of Topliss-reactive ketones (excluding diaryl/α,β-unsaturated/α-hetero) is 1. The van der Waals surface area contributed by atoms with Gasteiger partial charge < -0.3 is 24.3 Å². The van der Waals surface area contributed by atoms with Crippen molar-refractivity contribution < 1.29 is 28.5 Å². The monoisotopic (exact) mass is 491 g/mol. The first-order valence-corrected chi connectivity index (χ1v) is 11.4. The number of hydrogen-bond acceptors (Lipinski definition) is 8. The number of ketones is 1. The van der Waals surface area contributed by atoms with Crippen LogP contribution >= 0.6 is 11.6 Å². The van der Waals surface area contributed by atoms with Crippen LogP contribution in [0.4, 0.5) is 11.4 Å². The van der Waals surface area contributed by atoms with E-state index < -0.39 is 17.7 Å². The molecule has 0 saturated carbocycles. The molecule has 0 aliphatic carbocycles. The third-order valence-electron chi connectivity index (χ3n) is 4.30. The molecule has 1 amide bonds. The molecule has 0 saturated heterocycles. The molecule has 2 rings (SSSR count). The SMILES string of the molecule is CCOc1cc(N=NC(C(C)=O)C(=O)Nc2cc(OCC)c(Cl)cc2OCC)cc(OCC)c1. The van der Waals surface area contributed by atoms with Crippen LogP contribution in [0.3, 0.4) is 0 Å². The van der Waals surface area contributed by atoms with E-state index in [1.807, 2.05) is 20.8 Å². The molecule has 184 valence electrons. The second kappa shape index (κ2) is 13.4. The van der Waals surface area contributed by atoms with Crippen LogP contribution in [0.25, 0.3) is 0 Å². The van der Waals surface area contributed by atoms with E-state index in [0.717, 1.165) is 0 Å². The summed E-state index contributed by atoms with van der Waals surface area (Å²) >= 11 is 6.23. The van der Waals surface area contributed by atoms with E-state index in [4.69, 9.17) is 30.5 Å². The molecule has 0 aromatic heterocycles. The molecule has 0 fully saturated rings. The molecule has 2 aromatic rings. The predicted molar refractivity (Wildman–Crippen MR) is 130 cm³/mol. The summed E-state index contributed by atoms with van der Waals surface area (Å²) < 4.78 is 22.1. The van der Waals surface area contributed by atoms with Gasteiger partial charge in [-0.05, 0) is 34.6 Å². The summed E-state index contributed by atoms with van der Waals surface area (Å²) in [4.78, 5) is 25.2. The van der Waals surface area contributed by atoms with Crippen molar-refractivity contribution in [3.05, 3.63) is 35.4 Å². The summed E-state index contributed by atoms with van der Waals surface area (Å²) in [5.74, 6) is 0.640. The zero-order valence-electron chi connectivity index (χ0n) is 20.0. The number of benzene rings is 2. The molecular weight excluding hydrogens is 462 g/mol. The Bertz CT molecular complexity index is 1000. The van der Waals surface area contributed by atoms with E-state index >= 15 is 0 Å². The van der Waals surface area contributed by atoms with Gasteiger partial charge in [0.25, 0.3) is 5.91 Å². The van der Waals surface area contributed by atoms with Crippen LogP contribution in [0.2, 0.25) is 5.02 Å². The van der Waals surface area contributed by atoms with Crippen molar-refractivity contribution in [3.8, 4) is 23.0 Å². The van der Waals surface area contributed by atoms with Crippen LogP contribution in [0.1, 0.15) is 34.6 Å². The minimum absolute atomic E-state index is 0.304. The first kappa shape index (κ1) is 26.9. The second-order valence-corrected chi connectivity index (χ2v) is 7.30. The maximum atomic E-state index is 13.0. The molecule has 1 N–H and O–H groups in total. The van der Waals surface area contributed by atoms with Crippen molar-refractivity contribution in [1.29, 1.82) is 0 Å². The molecule has 0 radical (unpaired) electrons. The highest BCUT2D eigenvalue weighted by Gasteiger charge is 2.25. The molecule has 1 unspecified atom stereocenters. The Hall–Kier alpha value is -3.33. The number of anilines is 1. The van der Waals surface area contributed by atoms with Gasteiger partial charge in [-0.3, -0.25) is 9.59 Å². The number of nitrogens with zero attached hydrogens (tertiary/aromatic N) is 2. The lowest BCUT2D eigenvalue weighted by Gasteiger charge is -2.16. The van der Waals surface area contributed by atoms with Gasteiger partial charge in [-0.25, -0.2) is 0 Å². The van der Waals surface area contributed by atoms with Crippen LogP contribution in [0.5, 0.6) is 23.0 Å². The summed E-state index contributed by atoms with van der Waals surface area (Å²) in [7, 11) is 0. The molecule has 0 spiro atoms. The Morgan fingerprint density at radius 3 is 1.94 bits per heavy atom. The van der Waals surface area contributed by atoms with Crippen molar-refractivity contribution in [2.24, 2.45) is 10.2 Å². The average molecular weight is 492 g/mol. The van der Waals surface area contributed by atoms with Gasteiger partial charge in [0.2, 0.25) is 6.04 Å². The third-order valence-corrected chi connectivity index (χ3v) is 4.60. The number of carbonyl (C=O) groups is 2. The normalized spacial score (nSPS) is 11.7. The summed E-state index contributed by atoms with van der Waals surface area (Å²) in [6.45, 7) is 10.2. The molecular formula is C24H30ClN3O6. The highest BCUT2D eigenvalue weighted by molar-refractivity contribution is 6.32. The standard InChI is InChI=1S/C24H30ClN3O6/c1-6-31-17-10-16(11-18(12-17)32-7-2)27-28-23(15(5)29)24(30)26-20-14-21(33-8-3)19(25)13-22(20)34-9-4/h10-14,23H,6-9H2,1-5H3,(H,26,30). The first-order valence-electron chi connectivity index (χ1n) is 11.0. The summed E-state index contributed by atoms with van der Waals surface area (Å²) in [6.07, 6.45) is 0. The second-order valence-electron chi connectivity index (χ2n) is 6.89. The predicted octanol–water partition coefficient (Wildman–Crippen LogP) is 5.61. The number of nitrogens with one attached hydrogen (secondary N) is 1. The fourth-order valence-electron chi connectivity index (χ4n) is 2.93. The van der Waals surface area contributed by atoms with Gasteiger partial charge in [0.05, 0.1) is 42.8 Å². The maximum absolute atomic E-state index is 13.0. The highest BCUT2D eigenvalue weighted by atomic mass is 35.5. The maximum Gasteiger partial charge on any atom is 0.258 e. The van der Waals surface area contributed by atoms with Crippen LogP contribution in [0.15, 0.2) is 40.6 Å². The van der Waals surface area contributed by atoms with E-state index in [-0.39, 0.29) is 0 Å². The zero-order valence-corrected chi connectivity index (χ0v) is 20.8. The van der Waals surface area contributed by atoms with E-state index in [1.54, 1.807) is 37.3 Å². The largest absolute Gasteiger partial charge is 0.494 e. The van der Waals surface area contributed by atoms with Gasteiger partial charge in [0, 0.05) is 30.3 Å². The molecule has 1 atom stereocenters. The highest BCUT2D eigenvalue weighted by Crippen LogP contribution is 2.36. The first-order chi connectivity index (χ1) is 16.3. The van der Waals surface area contributed by atoms with Gasteiger partial charge in [-0.1, -0.05) is 11.6 Å². The minimum Gasteiger partial charge on any atom is -0.494 e. The fourth-order valence-corrected chi connectivity index (χ4v) is 3.14. The number of rotatable bonds is 13. The van der Waals surface area contributed by atoms with Crippen molar-refractivity contribution in [1.82, 2.24) is 0 Å². The minimum atomic E-state index is -1.38. The molecule has 0 aliphatic rings. The lowest BCUT2D eigenvalue weighted by atomic mass is 10.2. The summed E-state index contributed by atoms with van der Waals surface area (Å²) in [5.41, 5.74) is 0.687. The van der Waals surface area contributed by atoms with Crippen molar-refractivity contribution >= 4 is 34.7 Å². The third kappa shape index (κ3) is 7.62. The average Bonchev–Trinajstić information content (AvgIpc) is 2.77. The number of carbonyl (C=O) groups excluding carboxylic acids is 2. The Morgan fingerprint density at radius 2 is 1.41 bits per heavy atom. The van der Waals surface area contributed by atoms with Gasteiger partial charge in [-0.2, -0.15) is 10.2 Å². The number of ether oxygens (including phenoxy) is 4. The topological polar surface area (TPSA) is 108 Å². The number of amides is 1. The zero-order chi connectivity index (χ0) is 25.1. The van der Waals surface area contributed by atoms with Crippen molar-refractivity contribution in [2.45, 2.75) is 40.7 Å².